The molecule has 0 atom stereocenters. The molecule has 33 heavy (non-hydrogen) atoms. The number of halogens is 3. The molecule has 0 saturated carbocycles. The number of nitrogens with one attached hydrogen (secondary N) is 2. The molecule has 0 amide bonds. The number of anilines is 4. The van der Waals surface area contributed by atoms with Gasteiger partial charge in [-0.2, -0.15) is 12.2 Å². The number of hydrogen-bond acceptors (Lipinski definition) is 8. The number of thiazole rings is 1. The standard InChI is InChI=1S/C20H22Cl2FN5O3S2/c1-24-6-7-27(2)18-8-13(31-3)4-5-16(18)26-17-10-15(23)19(9-14(17)21)33(29,30)28(22)20-11-32-12-25-20/h4-5,8-12,24,26H,6-7H2,1-3H3. The molecule has 0 bridgehead atoms. The van der Waals surface area contributed by atoms with Crippen molar-refractivity contribution in [1.82, 2.24) is 10.3 Å². The molecule has 3 aromatic rings. The molecular formula is C20H22Cl2FN5O3S2. The van der Waals surface area contributed by atoms with Crippen molar-refractivity contribution in [1.29, 1.82) is 0 Å². The van der Waals surface area contributed by atoms with E-state index in [0.717, 1.165) is 35.7 Å². The summed E-state index contributed by atoms with van der Waals surface area (Å²) in [6.45, 7) is 1.43. The highest BCUT2D eigenvalue weighted by Crippen LogP contribution is 2.37. The summed E-state index contributed by atoms with van der Waals surface area (Å²) in [5.74, 6) is -0.400. The zero-order chi connectivity index (χ0) is 24.2. The average molecular weight is 534 g/mol. The molecule has 1 aromatic heterocycles. The first-order valence-electron chi connectivity index (χ1n) is 9.58. The Balaban J connectivity index is 1.96. The highest BCUT2D eigenvalue weighted by molar-refractivity contribution is 7.94. The van der Waals surface area contributed by atoms with E-state index in [1.807, 2.05) is 25.1 Å². The van der Waals surface area contributed by atoms with Crippen LogP contribution in [0.5, 0.6) is 5.75 Å². The Bertz CT molecular complexity index is 1210. The van der Waals surface area contributed by atoms with Crippen LogP contribution in [0.4, 0.5) is 27.3 Å². The average Bonchev–Trinajstić information content (AvgIpc) is 3.34. The molecule has 0 aliphatic rings. The number of benzene rings is 2. The van der Waals surface area contributed by atoms with Crippen molar-refractivity contribution >= 4 is 67.6 Å². The fourth-order valence-corrected chi connectivity index (χ4v) is 5.25. The summed E-state index contributed by atoms with van der Waals surface area (Å²) in [6.07, 6.45) is 0. The van der Waals surface area contributed by atoms with Gasteiger partial charge in [-0.3, -0.25) is 0 Å². The Morgan fingerprint density at radius 3 is 2.64 bits per heavy atom. The van der Waals surface area contributed by atoms with Crippen LogP contribution in [0, 0.1) is 5.82 Å². The second kappa shape index (κ2) is 10.7. The van der Waals surface area contributed by atoms with Gasteiger partial charge in [-0.25, -0.2) is 9.37 Å². The maximum atomic E-state index is 15.0. The molecule has 0 unspecified atom stereocenters. The molecule has 0 spiro atoms. The summed E-state index contributed by atoms with van der Waals surface area (Å²) in [5.41, 5.74) is 3.02. The molecule has 2 N–H and O–H groups in total. The topological polar surface area (TPSA) is 86.8 Å². The van der Waals surface area contributed by atoms with Gasteiger partial charge in [-0.05, 0) is 25.2 Å². The van der Waals surface area contributed by atoms with Crippen molar-refractivity contribution in [3.63, 3.8) is 0 Å². The minimum Gasteiger partial charge on any atom is -0.497 e. The molecule has 0 saturated heterocycles. The van der Waals surface area contributed by atoms with E-state index in [0.29, 0.717) is 21.8 Å². The Morgan fingerprint density at radius 1 is 1.24 bits per heavy atom. The van der Waals surface area contributed by atoms with E-state index in [9.17, 15) is 12.8 Å². The minimum atomic E-state index is -4.42. The summed E-state index contributed by atoms with van der Waals surface area (Å²) < 4.78 is 46.3. The lowest BCUT2D eigenvalue weighted by molar-refractivity contribution is 0.415. The Hall–Kier alpha value is -2.31. The second-order valence-corrected chi connectivity index (χ2v) is 10.3. The van der Waals surface area contributed by atoms with Gasteiger partial charge in [0.2, 0.25) is 0 Å². The smallest absolute Gasteiger partial charge is 0.282 e. The quantitative estimate of drug-likeness (QED) is 0.365. The van der Waals surface area contributed by atoms with Crippen LogP contribution >= 0.6 is 34.7 Å². The minimum absolute atomic E-state index is 0.00188. The first-order valence-corrected chi connectivity index (χ1v) is 12.7. The van der Waals surface area contributed by atoms with Crippen LogP contribution in [0.15, 0.2) is 46.1 Å². The largest absolute Gasteiger partial charge is 0.497 e. The first-order chi connectivity index (χ1) is 15.7. The lowest BCUT2D eigenvalue weighted by Crippen LogP contribution is -2.27. The molecule has 8 nitrogen and oxygen atoms in total. The third kappa shape index (κ3) is 5.61. The summed E-state index contributed by atoms with van der Waals surface area (Å²) in [7, 11) is 0.905. The van der Waals surface area contributed by atoms with Crippen LogP contribution in [-0.2, 0) is 10.0 Å². The van der Waals surface area contributed by atoms with E-state index in [1.54, 1.807) is 19.2 Å². The summed E-state index contributed by atoms with van der Waals surface area (Å²) in [5, 5.41) is 7.59. The highest BCUT2D eigenvalue weighted by Gasteiger charge is 2.29. The number of hydrogen-bond donors (Lipinski definition) is 2. The predicted molar refractivity (Wildman–Crippen MR) is 133 cm³/mol. The molecule has 0 aliphatic heterocycles. The first kappa shape index (κ1) is 25.3. The van der Waals surface area contributed by atoms with Crippen LogP contribution in [-0.4, -0.2) is 47.7 Å². The number of aromatic nitrogens is 1. The Morgan fingerprint density at radius 2 is 2.00 bits per heavy atom. The number of likely N-dealkylation sites (N-methyl/N-ethyl adjacent to an activating group) is 2. The van der Waals surface area contributed by atoms with Crippen LogP contribution in [0.2, 0.25) is 5.02 Å². The van der Waals surface area contributed by atoms with Gasteiger partial charge >= 0.3 is 0 Å². The fourth-order valence-electron chi connectivity index (χ4n) is 2.93. The zero-order valence-electron chi connectivity index (χ0n) is 18.0. The van der Waals surface area contributed by atoms with Gasteiger partial charge in [0.25, 0.3) is 10.0 Å². The number of methoxy groups -OCH3 is 1. The van der Waals surface area contributed by atoms with Crippen molar-refractivity contribution < 1.29 is 17.5 Å². The third-order valence-corrected chi connectivity index (χ3v) is 7.78. The summed E-state index contributed by atoms with van der Waals surface area (Å²) >= 11 is 13.4. The Labute approximate surface area is 206 Å². The molecule has 0 aliphatic carbocycles. The molecule has 0 fully saturated rings. The van der Waals surface area contributed by atoms with E-state index in [2.05, 4.69) is 15.6 Å². The van der Waals surface area contributed by atoms with Gasteiger partial charge in [0.15, 0.2) is 5.82 Å². The van der Waals surface area contributed by atoms with E-state index in [1.165, 1.54) is 10.9 Å². The predicted octanol–water partition coefficient (Wildman–Crippen LogP) is 4.69. The maximum absolute atomic E-state index is 15.0. The van der Waals surface area contributed by atoms with Crippen LogP contribution < -0.4 is 24.1 Å². The number of rotatable bonds is 10. The molecule has 13 heteroatoms. The molecule has 1 heterocycles. The van der Waals surface area contributed by atoms with E-state index >= 15 is 0 Å². The second-order valence-electron chi connectivity index (χ2n) is 6.86. The van der Waals surface area contributed by atoms with Gasteiger partial charge < -0.3 is 20.3 Å². The Kier molecular flexibility index (Phi) is 8.24. The third-order valence-electron chi connectivity index (χ3n) is 4.69. The van der Waals surface area contributed by atoms with Crippen LogP contribution in [0.3, 0.4) is 0 Å². The SMILES string of the molecule is CNCCN(C)c1cc(OC)ccc1Nc1cc(F)c(S(=O)(=O)N(Cl)c2cscn2)cc1Cl. The summed E-state index contributed by atoms with van der Waals surface area (Å²) in [6, 6.07) is 7.39. The van der Waals surface area contributed by atoms with E-state index in [4.69, 9.17) is 28.1 Å². The highest BCUT2D eigenvalue weighted by atomic mass is 35.5. The lowest BCUT2D eigenvalue weighted by Gasteiger charge is -2.24. The van der Waals surface area contributed by atoms with Crippen molar-refractivity contribution in [2.45, 2.75) is 4.90 Å². The van der Waals surface area contributed by atoms with Crippen molar-refractivity contribution in [3.05, 3.63) is 52.1 Å². The summed E-state index contributed by atoms with van der Waals surface area (Å²) in [4.78, 5) is 5.17. The van der Waals surface area contributed by atoms with Gasteiger partial charge in [-0.15, -0.1) is 11.3 Å². The van der Waals surface area contributed by atoms with Crippen LogP contribution in [0.1, 0.15) is 0 Å². The van der Waals surface area contributed by atoms with Crippen molar-refractivity contribution in [3.8, 4) is 5.75 Å². The van der Waals surface area contributed by atoms with E-state index < -0.39 is 20.7 Å². The molecule has 2 aromatic carbocycles. The maximum Gasteiger partial charge on any atom is 0.282 e. The van der Waals surface area contributed by atoms with Crippen molar-refractivity contribution in [2.24, 2.45) is 0 Å². The fraction of sp³-hybridized carbons (Fsp3) is 0.250. The van der Waals surface area contributed by atoms with Crippen molar-refractivity contribution in [2.75, 3.05) is 48.3 Å². The number of sulfonamides is 1. The van der Waals surface area contributed by atoms with Gasteiger partial charge in [0.05, 0.1) is 34.7 Å². The van der Waals surface area contributed by atoms with Gasteiger partial charge in [-0.1, -0.05) is 11.6 Å². The molecular weight excluding hydrogens is 512 g/mol. The lowest BCUT2D eigenvalue weighted by atomic mass is 10.2. The van der Waals surface area contributed by atoms with E-state index in [-0.39, 0.29) is 16.5 Å². The van der Waals surface area contributed by atoms with Gasteiger partial charge in [0.1, 0.15) is 16.5 Å². The van der Waals surface area contributed by atoms with Crippen LogP contribution in [0.25, 0.3) is 0 Å². The molecule has 0 radical (unpaired) electrons. The molecule has 178 valence electrons. The monoisotopic (exact) mass is 533 g/mol. The number of nitrogens with zero attached hydrogens (tertiary/aromatic N) is 3. The van der Waals surface area contributed by atoms with Gasteiger partial charge in [0, 0.05) is 49.4 Å². The number of ether oxygens (including phenoxy) is 1. The molecule has 3 rings (SSSR count). The zero-order valence-corrected chi connectivity index (χ0v) is 21.1. The normalized spacial score (nSPS) is 11.3.